The molecule has 0 aromatic heterocycles. The van der Waals surface area contributed by atoms with Gasteiger partial charge in [-0.3, -0.25) is 4.79 Å². The highest BCUT2D eigenvalue weighted by Crippen LogP contribution is 2.39. The molecule has 21 heavy (non-hydrogen) atoms. The Hall–Kier alpha value is -2.33. The second-order valence-corrected chi connectivity index (χ2v) is 4.59. The van der Waals surface area contributed by atoms with Gasteiger partial charge >= 0.3 is 0 Å². The Balaban J connectivity index is 2.56. The monoisotopic (exact) mass is 286 g/mol. The number of carbonyl (C=O) groups excluding carboxylic acids is 1. The van der Waals surface area contributed by atoms with Crippen LogP contribution in [0.1, 0.15) is 15.9 Å². The zero-order chi connectivity index (χ0) is 15.2. The Morgan fingerprint density at radius 2 is 1.62 bits per heavy atom. The molecule has 0 amide bonds. The fourth-order valence-electron chi connectivity index (χ4n) is 2.25. The summed E-state index contributed by atoms with van der Waals surface area (Å²) >= 11 is 0. The van der Waals surface area contributed by atoms with Crippen molar-refractivity contribution >= 4 is 6.29 Å². The number of carbonyl (C=O) groups is 1. The van der Waals surface area contributed by atoms with Gasteiger partial charge in [-0.15, -0.1) is 0 Å². The second-order valence-electron chi connectivity index (χ2n) is 4.59. The summed E-state index contributed by atoms with van der Waals surface area (Å²) in [5.41, 5.74) is 3.30. The average Bonchev–Trinajstić information content (AvgIpc) is 2.54. The van der Waals surface area contributed by atoms with Crippen molar-refractivity contribution in [3.05, 3.63) is 47.5 Å². The molecule has 110 valence electrons. The van der Waals surface area contributed by atoms with Crippen LogP contribution in [0.5, 0.6) is 11.5 Å². The largest absolute Gasteiger partial charge is 0.496 e. The van der Waals surface area contributed by atoms with Gasteiger partial charge in [-0.25, -0.2) is 0 Å². The maximum atomic E-state index is 10.7. The predicted octanol–water partition coefficient (Wildman–Crippen LogP) is 2.72. The molecule has 0 saturated heterocycles. The molecule has 0 fully saturated rings. The Morgan fingerprint density at radius 1 is 1.05 bits per heavy atom. The van der Waals surface area contributed by atoms with Crippen molar-refractivity contribution in [3.63, 3.8) is 0 Å². The summed E-state index contributed by atoms with van der Waals surface area (Å²) in [6, 6.07) is 11.0. The predicted molar refractivity (Wildman–Crippen MR) is 81.2 cm³/mol. The van der Waals surface area contributed by atoms with E-state index in [4.69, 9.17) is 14.6 Å². The van der Waals surface area contributed by atoms with Gasteiger partial charge in [0.1, 0.15) is 17.8 Å². The number of aliphatic hydroxyl groups is 1. The molecule has 1 N–H and O–H groups in total. The highest BCUT2D eigenvalue weighted by Gasteiger charge is 2.14. The normalized spacial score (nSPS) is 10.2. The molecule has 0 aliphatic carbocycles. The molecule has 2 rings (SSSR count). The lowest BCUT2D eigenvalue weighted by Gasteiger charge is -2.15. The fourth-order valence-corrected chi connectivity index (χ4v) is 2.25. The Morgan fingerprint density at radius 3 is 2.05 bits per heavy atom. The van der Waals surface area contributed by atoms with Crippen molar-refractivity contribution in [2.45, 2.75) is 6.42 Å². The van der Waals surface area contributed by atoms with Gasteiger partial charge in [0.15, 0.2) is 0 Å². The van der Waals surface area contributed by atoms with Gasteiger partial charge in [-0.1, -0.05) is 24.3 Å². The third-order valence-corrected chi connectivity index (χ3v) is 3.30. The lowest BCUT2D eigenvalue weighted by Crippen LogP contribution is -1.98. The minimum absolute atomic E-state index is 0.0691. The summed E-state index contributed by atoms with van der Waals surface area (Å²) in [7, 11) is 3.20. The summed E-state index contributed by atoms with van der Waals surface area (Å²) < 4.78 is 10.9. The van der Waals surface area contributed by atoms with Crippen molar-refractivity contribution < 1.29 is 19.4 Å². The van der Waals surface area contributed by atoms with Crippen LogP contribution in [0.25, 0.3) is 11.1 Å². The Labute approximate surface area is 123 Å². The first-order chi connectivity index (χ1) is 10.2. The van der Waals surface area contributed by atoms with Crippen LogP contribution in [-0.4, -0.2) is 32.2 Å². The summed E-state index contributed by atoms with van der Waals surface area (Å²) in [4.78, 5) is 10.7. The number of hydrogen-bond acceptors (Lipinski definition) is 4. The van der Waals surface area contributed by atoms with Gasteiger partial charge in [0.25, 0.3) is 0 Å². The van der Waals surface area contributed by atoms with E-state index in [1.165, 1.54) is 0 Å². The van der Waals surface area contributed by atoms with E-state index in [-0.39, 0.29) is 6.61 Å². The first kappa shape index (κ1) is 15.1. The van der Waals surface area contributed by atoms with Crippen LogP contribution >= 0.6 is 0 Å². The number of hydrogen-bond donors (Lipinski definition) is 1. The van der Waals surface area contributed by atoms with Crippen LogP contribution in [0.4, 0.5) is 0 Å². The number of aldehydes is 1. The maximum Gasteiger partial charge on any atom is 0.150 e. The molecular formula is C17H18O4. The minimum Gasteiger partial charge on any atom is -0.496 e. The average molecular weight is 286 g/mol. The maximum absolute atomic E-state index is 10.7. The van der Waals surface area contributed by atoms with Crippen LogP contribution in [0.2, 0.25) is 0 Å². The van der Waals surface area contributed by atoms with Crippen molar-refractivity contribution in [1.82, 2.24) is 0 Å². The summed E-state index contributed by atoms with van der Waals surface area (Å²) in [5, 5.41) is 9.08. The third kappa shape index (κ3) is 3.23. The van der Waals surface area contributed by atoms with E-state index in [9.17, 15) is 4.79 Å². The van der Waals surface area contributed by atoms with Crippen LogP contribution in [-0.2, 0) is 6.42 Å². The zero-order valence-electron chi connectivity index (χ0n) is 12.1. The van der Waals surface area contributed by atoms with E-state index in [0.29, 0.717) is 23.5 Å². The van der Waals surface area contributed by atoms with Crippen molar-refractivity contribution in [2.24, 2.45) is 0 Å². The van der Waals surface area contributed by atoms with Gasteiger partial charge < -0.3 is 14.6 Å². The van der Waals surface area contributed by atoms with E-state index in [2.05, 4.69) is 0 Å². The lowest BCUT2D eigenvalue weighted by atomic mass is 9.99. The number of rotatable bonds is 6. The van der Waals surface area contributed by atoms with Gasteiger partial charge in [-0.2, -0.15) is 0 Å². The van der Waals surface area contributed by atoms with Crippen molar-refractivity contribution in [3.8, 4) is 22.6 Å². The minimum atomic E-state index is 0.0691. The third-order valence-electron chi connectivity index (χ3n) is 3.30. The van der Waals surface area contributed by atoms with E-state index in [0.717, 1.165) is 23.0 Å². The molecule has 2 aromatic rings. The summed E-state index contributed by atoms with van der Waals surface area (Å²) in [6.45, 7) is 0.0691. The SMILES string of the molecule is COc1cc(CCO)cc(OC)c1-c1ccc(C=O)cc1. The van der Waals surface area contributed by atoms with E-state index < -0.39 is 0 Å². The molecule has 2 aromatic carbocycles. The molecule has 4 heteroatoms. The van der Waals surface area contributed by atoms with E-state index >= 15 is 0 Å². The molecule has 0 heterocycles. The molecule has 4 nitrogen and oxygen atoms in total. The first-order valence-electron chi connectivity index (χ1n) is 6.64. The molecule has 0 unspecified atom stereocenters. The highest BCUT2D eigenvalue weighted by molar-refractivity contribution is 5.81. The number of aliphatic hydroxyl groups excluding tert-OH is 1. The second kappa shape index (κ2) is 6.90. The van der Waals surface area contributed by atoms with Crippen LogP contribution in [0, 0.1) is 0 Å². The number of methoxy groups -OCH3 is 2. The molecule has 0 spiro atoms. The standard InChI is InChI=1S/C17H18O4/c1-20-15-9-13(7-8-18)10-16(21-2)17(15)14-5-3-12(11-19)4-6-14/h3-6,9-11,18H,7-8H2,1-2H3. The van der Waals surface area contributed by atoms with E-state index in [1.807, 2.05) is 24.3 Å². The first-order valence-corrected chi connectivity index (χ1v) is 6.64. The van der Waals surface area contributed by atoms with E-state index in [1.54, 1.807) is 26.4 Å². The molecular weight excluding hydrogens is 268 g/mol. The Bertz CT molecular complexity index is 592. The van der Waals surface area contributed by atoms with Gasteiger partial charge in [-0.05, 0) is 29.7 Å². The lowest BCUT2D eigenvalue weighted by molar-refractivity contribution is 0.112. The molecule has 0 aliphatic heterocycles. The smallest absolute Gasteiger partial charge is 0.150 e. The highest BCUT2D eigenvalue weighted by atomic mass is 16.5. The molecule has 0 saturated carbocycles. The van der Waals surface area contributed by atoms with Crippen LogP contribution in [0.3, 0.4) is 0 Å². The fraction of sp³-hybridized carbons (Fsp3) is 0.235. The summed E-state index contributed by atoms with van der Waals surface area (Å²) in [6.07, 6.45) is 1.35. The van der Waals surface area contributed by atoms with Crippen LogP contribution < -0.4 is 9.47 Å². The van der Waals surface area contributed by atoms with Crippen molar-refractivity contribution in [1.29, 1.82) is 0 Å². The van der Waals surface area contributed by atoms with Gasteiger partial charge in [0.2, 0.25) is 0 Å². The number of ether oxygens (including phenoxy) is 2. The Kier molecular flexibility index (Phi) is 4.95. The summed E-state index contributed by atoms with van der Waals surface area (Å²) in [5.74, 6) is 1.35. The van der Waals surface area contributed by atoms with Gasteiger partial charge in [0.05, 0.1) is 19.8 Å². The van der Waals surface area contributed by atoms with Crippen LogP contribution in [0.15, 0.2) is 36.4 Å². The van der Waals surface area contributed by atoms with Gasteiger partial charge in [0, 0.05) is 12.2 Å². The zero-order valence-corrected chi connectivity index (χ0v) is 12.1. The number of benzene rings is 2. The quantitative estimate of drug-likeness (QED) is 0.830. The molecule has 0 radical (unpaired) electrons. The molecule has 0 atom stereocenters. The molecule has 0 bridgehead atoms. The molecule has 0 aliphatic rings. The topological polar surface area (TPSA) is 55.8 Å². The van der Waals surface area contributed by atoms with Crippen molar-refractivity contribution in [2.75, 3.05) is 20.8 Å².